The lowest BCUT2D eigenvalue weighted by molar-refractivity contribution is -0.141. The van der Waals surface area contributed by atoms with Crippen molar-refractivity contribution in [3.63, 3.8) is 0 Å². The van der Waals surface area contributed by atoms with Gasteiger partial charge in [-0.3, -0.25) is 9.59 Å². The van der Waals surface area contributed by atoms with Crippen LogP contribution >= 0.6 is 0 Å². The van der Waals surface area contributed by atoms with Gasteiger partial charge in [-0.2, -0.15) is 0 Å². The van der Waals surface area contributed by atoms with Gasteiger partial charge in [0.2, 0.25) is 5.91 Å². The van der Waals surface area contributed by atoms with E-state index in [1.165, 1.54) is 0 Å². The normalized spacial score (nSPS) is 18.4. The molecule has 1 amide bonds. The van der Waals surface area contributed by atoms with E-state index in [-0.39, 0.29) is 12.3 Å². The Morgan fingerprint density at radius 3 is 2.79 bits per heavy atom. The van der Waals surface area contributed by atoms with Crippen LogP contribution in [0.4, 0.5) is 0 Å². The zero-order chi connectivity index (χ0) is 13.8. The molecule has 1 unspecified atom stereocenters. The van der Waals surface area contributed by atoms with E-state index in [0.29, 0.717) is 25.3 Å². The number of carbonyl (C=O) groups is 2. The number of carboxylic acids is 1. The first-order valence-corrected chi connectivity index (χ1v) is 6.24. The molecule has 0 aromatic heterocycles. The highest BCUT2D eigenvalue weighted by molar-refractivity contribution is 5.81. The average Bonchev–Trinajstić information content (AvgIpc) is 2.89. The van der Waals surface area contributed by atoms with Crippen molar-refractivity contribution in [1.29, 1.82) is 0 Å². The van der Waals surface area contributed by atoms with Crippen LogP contribution < -0.4 is 4.74 Å². The van der Waals surface area contributed by atoms with Gasteiger partial charge in [-0.1, -0.05) is 18.2 Å². The Hall–Kier alpha value is -2.04. The predicted molar refractivity (Wildman–Crippen MR) is 69.0 cm³/mol. The second kappa shape index (κ2) is 5.73. The number of methoxy groups -OCH3 is 1. The summed E-state index contributed by atoms with van der Waals surface area (Å²) < 4.78 is 5.20. The quantitative estimate of drug-likeness (QED) is 0.885. The minimum Gasteiger partial charge on any atom is -0.496 e. The number of ether oxygens (including phenoxy) is 1. The number of hydrogen-bond acceptors (Lipinski definition) is 3. The summed E-state index contributed by atoms with van der Waals surface area (Å²) in [7, 11) is 1.57. The van der Waals surface area contributed by atoms with Gasteiger partial charge in [0.15, 0.2) is 0 Å². The SMILES string of the molecule is COc1ccccc1CC(=O)N1CCC(C(=O)O)C1. The molecule has 1 aliphatic heterocycles. The van der Waals surface area contributed by atoms with E-state index < -0.39 is 11.9 Å². The van der Waals surface area contributed by atoms with Gasteiger partial charge in [0.25, 0.3) is 0 Å². The van der Waals surface area contributed by atoms with Crippen LogP contribution in [0.2, 0.25) is 0 Å². The van der Waals surface area contributed by atoms with Crippen LogP contribution in [-0.4, -0.2) is 42.1 Å². The molecule has 0 saturated carbocycles. The Labute approximate surface area is 111 Å². The lowest BCUT2D eigenvalue weighted by atomic mass is 10.1. The van der Waals surface area contributed by atoms with Gasteiger partial charge in [0.1, 0.15) is 5.75 Å². The zero-order valence-electron chi connectivity index (χ0n) is 10.8. The smallest absolute Gasteiger partial charge is 0.308 e. The van der Waals surface area contributed by atoms with Gasteiger partial charge >= 0.3 is 5.97 Å². The second-order valence-electron chi connectivity index (χ2n) is 4.65. The molecule has 5 nitrogen and oxygen atoms in total. The fourth-order valence-electron chi connectivity index (χ4n) is 2.31. The average molecular weight is 263 g/mol. The van der Waals surface area contributed by atoms with E-state index in [4.69, 9.17) is 9.84 Å². The molecule has 5 heteroatoms. The van der Waals surface area contributed by atoms with Crippen molar-refractivity contribution in [3.05, 3.63) is 29.8 Å². The number of carboxylic acid groups (broad SMARTS) is 1. The molecule has 1 heterocycles. The summed E-state index contributed by atoms with van der Waals surface area (Å²) >= 11 is 0. The van der Waals surface area contributed by atoms with Crippen molar-refractivity contribution in [1.82, 2.24) is 4.90 Å². The molecular weight excluding hydrogens is 246 g/mol. The first kappa shape index (κ1) is 13.4. The van der Waals surface area contributed by atoms with Gasteiger partial charge in [-0.15, -0.1) is 0 Å². The van der Waals surface area contributed by atoms with Gasteiger partial charge < -0.3 is 14.7 Å². The molecule has 1 atom stereocenters. The third kappa shape index (κ3) is 3.05. The van der Waals surface area contributed by atoms with Crippen LogP contribution in [0.15, 0.2) is 24.3 Å². The molecule has 1 aliphatic rings. The maximum absolute atomic E-state index is 12.1. The van der Waals surface area contributed by atoms with E-state index >= 15 is 0 Å². The van der Waals surface area contributed by atoms with E-state index in [2.05, 4.69) is 0 Å². The van der Waals surface area contributed by atoms with Gasteiger partial charge in [0.05, 0.1) is 19.4 Å². The monoisotopic (exact) mass is 263 g/mol. The maximum Gasteiger partial charge on any atom is 0.308 e. The number of para-hydroxylation sites is 1. The molecule has 102 valence electrons. The van der Waals surface area contributed by atoms with Crippen LogP contribution in [0.25, 0.3) is 0 Å². The molecule has 1 aromatic carbocycles. The van der Waals surface area contributed by atoms with E-state index in [9.17, 15) is 9.59 Å². The first-order chi connectivity index (χ1) is 9.11. The molecular formula is C14H17NO4. The van der Waals surface area contributed by atoms with E-state index in [0.717, 1.165) is 5.56 Å². The highest BCUT2D eigenvalue weighted by Gasteiger charge is 2.30. The summed E-state index contributed by atoms with van der Waals surface area (Å²) in [6.07, 6.45) is 0.781. The molecule has 1 fully saturated rings. The standard InChI is InChI=1S/C14H17NO4/c1-19-12-5-3-2-4-10(12)8-13(16)15-7-6-11(9-15)14(17)18/h2-5,11H,6-9H2,1H3,(H,17,18). The number of rotatable bonds is 4. The molecule has 1 aromatic rings. The summed E-state index contributed by atoms with van der Waals surface area (Å²) in [5, 5.41) is 8.93. The van der Waals surface area contributed by atoms with Crippen LogP contribution in [0.5, 0.6) is 5.75 Å². The van der Waals surface area contributed by atoms with Crippen LogP contribution in [-0.2, 0) is 16.0 Å². The minimum atomic E-state index is -0.826. The topological polar surface area (TPSA) is 66.8 Å². The summed E-state index contributed by atoms with van der Waals surface area (Å²) in [4.78, 5) is 24.6. The Balaban J connectivity index is 2.00. The van der Waals surface area contributed by atoms with E-state index in [1.807, 2.05) is 24.3 Å². The molecule has 0 aliphatic carbocycles. The third-order valence-corrected chi connectivity index (χ3v) is 3.42. The molecule has 1 saturated heterocycles. The van der Waals surface area contributed by atoms with Crippen molar-refractivity contribution in [2.45, 2.75) is 12.8 Å². The molecule has 0 spiro atoms. The summed E-state index contributed by atoms with van der Waals surface area (Å²) in [6, 6.07) is 7.37. The molecule has 0 radical (unpaired) electrons. The largest absolute Gasteiger partial charge is 0.496 e. The molecule has 2 rings (SSSR count). The fraction of sp³-hybridized carbons (Fsp3) is 0.429. The number of nitrogens with zero attached hydrogens (tertiary/aromatic N) is 1. The van der Waals surface area contributed by atoms with Crippen LogP contribution in [0.3, 0.4) is 0 Å². The minimum absolute atomic E-state index is 0.0479. The van der Waals surface area contributed by atoms with Crippen LogP contribution in [0, 0.1) is 5.92 Å². The first-order valence-electron chi connectivity index (χ1n) is 6.24. The van der Waals surface area contributed by atoms with Gasteiger partial charge in [-0.05, 0) is 12.5 Å². The van der Waals surface area contributed by atoms with Crippen molar-refractivity contribution >= 4 is 11.9 Å². The van der Waals surface area contributed by atoms with Gasteiger partial charge in [0, 0.05) is 18.7 Å². The highest BCUT2D eigenvalue weighted by atomic mass is 16.5. The van der Waals surface area contributed by atoms with Crippen molar-refractivity contribution < 1.29 is 19.4 Å². The van der Waals surface area contributed by atoms with E-state index in [1.54, 1.807) is 12.0 Å². The lowest BCUT2D eigenvalue weighted by Gasteiger charge is -2.16. The summed E-state index contributed by atoms with van der Waals surface area (Å²) in [6.45, 7) is 0.828. The van der Waals surface area contributed by atoms with Gasteiger partial charge in [-0.25, -0.2) is 0 Å². The predicted octanol–water partition coefficient (Wildman–Crippen LogP) is 1.17. The maximum atomic E-state index is 12.1. The van der Waals surface area contributed by atoms with Crippen molar-refractivity contribution in [2.24, 2.45) is 5.92 Å². The Kier molecular flexibility index (Phi) is 4.04. The third-order valence-electron chi connectivity index (χ3n) is 3.42. The number of benzene rings is 1. The van der Waals surface area contributed by atoms with Crippen molar-refractivity contribution in [3.8, 4) is 5.75 Å². The zero-order valence-corrected chi connectivity index (χ0v) is 10.8. The lowest BCUT2D eigenvalue weighted by Crippen LogP contribution is -2.31. The Bertz CT molecular complexity index is 486. The molecule has 19 heavy (non-hydrogen) atoms. The Morgan fingerprint density at radius 2 is 2.16 bits per heavy atom. The number of likely N-dealkylation sites (tertiary alicyclic amines) is 1. The molecule has 0 bridgehead atoms. The molecule has 1 N–H and O–H groups in total. The Morgan fingerprint density at radius 1 is 1.42 bits per heavy atom. The van der Waals surface area contributed by atoms with Crippen molar-refractivity contribution in [2.75, 3.05) is 20.2 Å². The summed E-state index contributed by atoms with van der Waals surface area (Å²) in [5.41, 5.74) is 0.828. The number of aliphatic carboxylic acids is 1. The number of amides is 1. The highest BCUT2D eigenvalue weighted by Crippen LogP contribution is 2.21. The number of hydrogen-bond donors (Lipinski definition) is 1. The second-order valence-corrected chi connectivity index (χ2v) is 4.65. The van der Waals surface area contributed by atoms with Crippen LogP contribution in [0.1, 0.15) is 12.0 Å². The summed E-state index contributed by atoms with van der Waals surface area (Å²) in [5.74, 6) is -0.618. The fourth-order valence-corrected chi connectivity index (χ4v) is 2.31. The number of carbonyl (C=O) groups excluding carboxylic acids is 1.